The summed E-state index contributed by atoms with van der Waals surface area (Å²) >= 11 is 0. The fourth-order valence-corrected chi connectivity index (χ4v) is 3.05. The quantitative estimate of drug-likeness (QED) is 0.764. The Bertz CT molecular complexity index is 663. The lowest BCUT2D eigenvalue weighted by Crippen LogP contribution is -2.38. The molecule has 1 saturated carbocycles. The Morgan fingerprint density at radius 3 is 2.27 bits per heavy atom. The molecular formula is C15H20N2O4S. The zero-order valence-corrected chi connectivity index (χ0v) is 13.5. The van der Waals surface area contributed by atoms with Crippen LogP contribution in [0.2, 0.25) is 0 Å². The molecule has 0 radical (unpaired) electrons. The first-order valence-corrected chi connectivity index (χ1v) is 9.00. The van der Waals surface area contributed by atoms with Crippen molar-refractivity contribution in [2.24, 2.45) is 5.92 Å². The number of rotatable bonds is 7. The lowest BCUT2D eigenvalue weighted by atomic mass is 10.1. The first-order valence-electron chi connectivity index (χ1n) is 7.15. The summed E-state index contributed by atoms with van der Waals surface area (Å²) in [5, 5.41) is 2.75. The lowest BCUT2D eigenvalue weighted by Gasteiger charge is -2.22. The maximum atomic E-state index is 11.9. The number of carbonyl (C=O) groups excluding carboxylic acids is 2. The van der Waals surface area contributed by atoms with E-state index in [1.165, 1.54) is 11.2 Å². The van der Waals surface area contributed by atoms with E-state index >= 15 is 0 Å². The van der Waals surface area contributed by atoms with Gasteiger partial charge in [-0.05, 0) is 44.0 Å². The predicted molar refractivity (Wildman–Crippen MR) is 84.4 cm³/mol. The summed E-state index contributed by atoms with van der Waals surface area (Å²) in [6.07, 6.45) is 2.94. The summed E-state index contributed by atoms with van der Waals surface area (Å²) in [6, 6.07) is 6.39. The molecule has 1 amide bonds. The van der Waals surface area contributed by atoms with E-state index in [0.29, 0.717) is 11.3 Å². The minimum absolute atomic E-state index is 0.0135. The largest absolute Gasteiger partial charge is 0.354 e. The second-order valence-corrected chi connectivity index (χ2v) is 7.41. The highest BCUT2D eigenvalue weighted by Crippen LogP contribution is 2.28. The van der Waals surface area contributed by atoms with E-state index in [0.717, 1.165) is 19.1 Å². The van der Waals surface area contributed by atoms with Crippen LogP contribution in [0.15, 0.2) is 24.3 Å². The molecule has 0 aliphatic heterocycles. The molecule has 22 heavy (non-hydrogen) atoms. The maximum absolute atomic E-state index is 11.9. The molecule has 1 aliphatic carbocycles. The number of carbonyl (C=O) groups is 2. The van der Waals surface area contributed by atoms with Gasteiger partial charge in [-0.2, -0.15) is 0 Å². The first kappa shape index (κ1) is 16.5. The molecule has 0 spiro atoms. The van der Waals surface area contributed by atoms with Gasteiger partial charge in [0.25, 0.3) is 0 Å². The number of nitrogens with zero attached hydrogens (tertiary/aromatic N) is 1. The van der Waals surface area contributed by atoms with Crippen LogP contribution in [0.4, 0.5) is 5.69 Å². The number of sulfonamides is 1. The first-order chi connectivity index (χ1) is 10.3. The molecule has 6 nitrogen and oxygen atoms in total. The normalized spacial score (nSPS) is 14.5. The number of ketones is 1. The summed E-state index contributed by atoms with van der Waals surface area (Å²) < 4.78 is 25.1. The highest BCUT2D eigenvalue weighted by atomic mass is 32.2. The highest BCUT2D eigenvalue weighted by molar-refractivity contribution is 7.92. The molecule has 1 fully saturated rings. The Kier molecular flexibility index (Phi) is 4.85. The summed E-state index contributed by atoms with van der Waals surface area (Å²) in [5.41, 5.74) is 1.01. The number of nitrogens with one attached hydrogen (secondary N) is 1. The molecule has 2 rings (SSSR count). The Morgan fingerprint density at radius 2 is 1.82 bits per heavy atom. The summed E-state index contributed by atoms with van der Waals surface area (Å²) in [4.78, 5) is 22.8. The van der Waals surface area contributed by atoms with Gasteiger partial charge in [0.05, 0.1) is 18.5 Å². The van der Waals surface area contributed by atoms with Gasteiger partial charge >= 0.3 is 0 Å². The third kappa shape index (κ3) is 4.30. The van der Waals surface area contributed by atoms with E-state index in [1.54, 1.807) is 24.3 Å². The Morgan fingerprint density at radius 1 is 1.23 bits per heavy atom. The van der Waals surface area contributed by atoms with Crippen molar-refractivity contribution in [3.05, 3.63) is 29.8 Å². The molecule has 0 unspecified atom stereocenters. The molecule has 1 aromatic carbocycles. The maximum Gasteiger partial charge on any atom is 0.232 e. The number of benzene rings is 1. The van der Waals surface area contributed by atoms with Crippen LogP contribution in [0.1, 0.15) is 30.1 Å². The van der Waals surface area contributed by atoms with Gasteiger partial charge in [-0.15, -0.1) is 0 Å². The number of hydrogen-bond donors (Lipinski definition) is 1. The minimum atomic E-state index is -3.46. The molecule has 120 valence electrons. The van der Waals surface area contributed by atoms with Gasteiger partial charge in [0, 0.05) is 18.0 Å². The third-order valence-electron chi connectivity index (χ3n) is 3.52. The average molecular weight is 324 g/mol. The standard InChI is InChI=1S/C15H20N2O4S/c1-11(18)12-5-7-14(8-6-12)17(22(2,20)21)10-9-16-15(19)13-3-4-13/h5-8,13H,3-4,9-10H2,1-2H3,(H,16,19). The smallest absolute Gasteiger partial charge is 0.232 e. The molecule has 0 aromatic heterocycles. The van der Waals surface area contributed by atoms with Gasteiger partial charge in [0.1, 0.15) is 0 Å². The molecule has 7 heteroatoms. The second-order valence-electron chi connectivity index (χ2n) is 5.50. The van der Waals surface area contributed by atoms with Crippen molar-refractivity contribution < 1.29 is 18.0 Å². The van der Waals surface area contributed by atoms with Crippen LogP contribution in [-0.4, -0.2) is 39.5 Å². The molecule has 1 aliphatic rings. The third-order valence-corrected chi connectivity index (χ3v) is 4.72. The van der Waals surface area contributed by atoms with Crippen LogP contribution < -0.4 is 9.62 Å². The number of Topliss-reactive ketones (excluding diaryl/α,β-unsaturated/α-hetero) is 1. The van der Waals surface area contributed by atoms with E-state index < -0.39 is 10.0 Å². The second kappa shape index (κ2) is 6.48. The average Bonchev–Trinajstić information content (AvgIpc) is 3.26. The van der Waals surface area contributed by atoms with E-state index in [1.807, 2.05) is 0 Å². The molecular weight excluding hydrogens is 304 g/mol. The van der Waals surface area contributed by atoms with Gasteiger partial charge in [-0.3, -0.25) is 13.9 Å². The molecule has 1 aromatic rings. The molecule has 1 N–H and O–H groups in total. The topological polar surface area (TPSA) is 83.6 Å². The van der Waals surface area contributed by atoms with E-state index in [4.69, 9.17) is 0 Å². The van der Waals surface area contributed by atoms with E-state index in [-0.39, 0.29) is 30.7 Å². The Labute approximate surface area is 130 Å². The van der Waals surface area contributed by atoms with Crippen molar-refractivity contribution in [2.75, 3.05) is 23.7 Å². The van der Waals surface area contributed by atoms with Gasteiger partial charge in [-0.1, -0.05) is 0 Å². The van der Waals surface area contributed by atoms with Gasteiger partial charge in [-0.25, -0.2) is 8.42 Å². The van der Waals surface area contributed by atoms with Crippen LogP contribution in [0.5, 0.6) is 0 Å². The van der Waals surface area contributed by atoms with Gasteiger partial charge < -0.3 is 5.32 Å². The van der Waals surface area contributed by atoms with Gasteiger partial charge in [0.2, 0.25) is 15.9 Å². The lowest BCUT2D eigenvalue weighted by molar-refractivity contribution is -0.122. The number of hydrogen-bond acceptors (Lipinski definition) is 4. The van der Waals surface area contributed by atoms with Crippen molar-refractivity contribution >= 4 is 27.4 Å². The monoisotopic (exact) mass is 324 g/mol. The fourth-order valence-electron chi connectivity index (χ4n) is 2.12. The van der Waals surface area contributed by atoms with Crippen LogP contribution in [0.3, 0.4) is 0 Å². The zero-order valence-electron chi connectivity index (χ0n) is 12.7. The molecule has 0 heterocycles. The summed E-state index contributed by atoms with van der Waals surface area (Å²) in [7, 11) is -3.46. The Hall–Kier alpha value is -1.89. The van der Waals surface area contributed by atoms with Crippen LogP contribution in [0, 0.1) is 5.92 Å². The van der Waals surface area contributed by atoms with E-state index in [9.17, 15) is 18.0 Å². The predicted octanol–water partition coefficient (Wildman–Crippen LogP) is 1.18. The molecule has 0 saturated heterocycles. The number of amides is 1. The van der Waals surface area contributed by atoms with Crippen molar-refractivity contribution in [2.45, 2.75) is 19.8 Å². The van der Waals surface area contributed by atoms with Crippen molar-refractivity contribution in [1.82, 2.24) is 5.32 Å². The SMILES string of the molecule is CC(=O)c1ccc(N(CCNC(=O)C2CC2)S(C)(=O)=O)cc1. The minimum Gasteiger partial charge on any atom is -0.354 e. The van der Waals surface area contributed by atoms with E-state index in [2.05, 4.69) is 5.32 Å². The van der Waals surface area contributed by atoms with Crippen molar-refractivity contribution in [3.8, 4) is 0 Å². The zero-order chi connectivity index (χ0) is 16.3. The van der Waals surface area contributed by atoms with Gasteiger partial charge in [0.15, 0.2) is 5.78 Å². The fraction of sp³-hybridized carbons (Fsp3) is 0.467. The van der Waals surface area contributed by atoms with Crippen LogP contribution in [-0.2, 0) is 14.8 Å². The molecule has 0 bridgehead atoms. The van der Waals surface area contributed by atoms with Crippen molar-refractivity contribution in [1.29, 1.82) is 0 Å². The molecule has 0 atom stereocenters. The highest BCUT2D eigenvalue weighted by Gasteiger charge is 2.29. The Balaban J connectivity index is 2.05. The summed E-state index contributed by atoms with van der Waals surface area (Å²) in [6.45, 7) is 1.88. The van der Waals surface area contributed by atoms with Crippen LogP contribution >= 0.6 is 0 Å². The summed E-state index contributed by atoms with van der Waals surface area (Å²) in [5.74, 6) is 0.0102. The van der Waals surface area contributed by atoms with Crippen molar-refractivity contribution in [3.63, 3.8) is 0 Å². The van der Waals surface area contributed by atoms with Crippen LogP contribution in [0.25, 0.3) is 0 Å². The number of anilines is 1.